The molecular formula is C18H15ClN6O. The maximum Gasteiger partial charge on any atom is 0.282 e. The van der Waals surface area contributed by atoms with Crippen molar-refractivity contribution < 1.29 is 4.52 Å². The molecule has 0 atom stereocenters. The molecule has 0 spiro atoms. The molecule has 2 aromatic carbocycles. The maximum absolute atomic E-state index is 6.25. The van der Waals surface area contributed by atoms with Crippen molar-refractivity contribution >= 4 is 17.4 Å². The molecule has 4 rings (SSSR count). The summed E-state index contributed by atoms with van der Waals surface area (Å²) in [6, 6.07) is 15.0. The van der Waals surface area contributed by atoms with Crippen LogP contribution in [0.5, 0.6) is 0 Å². The van der Waals surface area contributed by atoms with Crippen molar-refractivity contribution in [2.24, 2.45) is 0 Å². The van der Waals surface area contributed by atoms with Crippen LogP contribution >= 0.6 is 11.6 Å². The minimum atomic E-state index is 0.215. The molecule has 0 unspecified atom stereocenters. The first kappa shape index (κ1) is 16.3. The molecule has 26 heavy (non-hydrogen) atoms. The zero-order valence-electron chi connectivity index (χ0n) is 13.9. The van der Waals surface area contributed by atoms with Gasteiger partial charge in [-0.3, -0.25) is 0 Å². The van der Waals surface area contributed by atoms with Crippen LogP contribution in [0.3, 0.4) is 0 Å². The number of nitrogens with zero attached hydrogens (tertiary/aromatic N) is 5. The number of nitrogen functional groups attached to an aromatic ring is 1. The lowest BCUT2D eigenvalue weighted by atomic mass is 10.1. The lowest BCUT2D eigenvalue weighted by Crippen LogP contribution is -2.05. The summed E-state index contributed by atoms with van der Waals surface area (Å²) >= 11 is 5.90. The largest absolute Gasteiger partial charge is 0.382 e. The maximum atomic E-state index is 6.25. The van der Waals surface area contributed by atoms with Crippen LogP contribution in [-0.4, -0.2) is 25.1 Å². The van der Waals surface area contributed by atoms with Crippen molar-refractivity contribution in [2.45, 2.75) is 13.3 Å². The molecule has 2 heterocycles. The van der Waals surface area contributed by atoms with Crippen LogP contribution in [0.25, 0.3) is 28.7 Å². The summed E-state index contributed by atoms with van der Waals surface area (Å²) in [6.45, 7) is 2.07. The summed E-state index contributed by atoms with van der Waals surface area (Å²) in [4.78, 5) is 4.37. The Labute approximate surface area is 154 Å². The molecule has 2 aromatic heterocycles. The fourth-order valence-corrected chi connectivity index (χ4v) is 2.80. The van der Waals surface area contributed by atoms with Crippen molar-refractivity contribution in [1.82, 2.24) is 25.1 Å². The van der Waals surface area contributed by atoms with E-state index in [1.54, 1.807) is 16.8 Å². The summed E-state index contributed by atoms with van der Waals surface area (Å²) < 4.78 is 6.92. The van der Waals surface area contributed by atoms with Crippen molar-refractivity contribution in [3.63, 3.8) is 0 Å². The quantitative estimate of drug-likeness (QED) is 0.590. The Balaban J connectivity index is 1.72. The number of benzene rings is 2. The number of anilines is 1. The second-order valence-corrected chi connectivity index (χ2v) is 6.08. The summed E-state index contributed by atoms with van der Waals surface area (Å²) in [5, 5.41) is 12.9. The molecule has 2 N–H and O–H groups in total. The van der Waals surface area contributed by atoms with Gasteiger partial charge in [0.2, 0.25) is 5.82 Å². The van der Waals surface area contributed by atoms with E-state index < -0.39 is 0 Å². The minimum Gasteiger partial charge on any atom is -0.382 e. The molecule has 0 bridgehead atoms. The highest BCUT2D eigenvalue weighted by Gasteiger charge is 2.20. The zero-order valence-corrected chi connectivity index (χ0v) is 14.7. The van der Waals surface area contributed by atoms with Gasteiger partial charge >= 0.3 is 0 Å². The Morgan fingerprint density at radius 2 is 1.88 bits per heavy atom. The molecule has 0 aliphatic heterocycles. The highest BCUT2D eigenvalue weighted by molar-refractivity contribution is 6.30. The monoisotopic (exact) mass is 366 g/mol. The molecule has 0 amide bonds. The van der Waals surface area contributed by atoms with Crippen molar-refractivity contribution in [1.29, 1.82) is 0 Å². The van der Waals surface area contributed by atoms with Crippen molar-refractivity contribution in [2.75, 3.05) is 5.73 Å². The lowest BCUT2D eigenvalue weighted by molar-refractivity contribution is 0.431. The molecule has 0 fully saturated rings. The van der Waals surface area contributed by atoms with Crippen LogP contribution in [0.15, 0.2) is 53.1 Å². The molecule has 8 heteroatoms. The van der Waals surface area contributed by atoms with Gasteiger partial charge in [0.05, 0.1) is 5.69 Å². The van der Waals surface area contributed by atoms with Crippen LogP contribution in [-0.2, 0) is 6.42 Å². The van der Waals surface area contributed by atoms with Gasteiger partial charge in [-0.15, -0.1) is 5.10 Å². The van der Waals surface area contributed by atoms with Gasteiger partial charge in [-0.25, -0.2) is 0 Å². The summed E-state index contributed by atoms with van der Waals surface area (Å²) in [5.74, 6) is 0.990. The third kappa shape index (κ3) is 2.82. The molecule has 0 aliphatic carbocycles. The molecule has 0 aliphatic rings. The second-order valence-electron chi connectivity index (χ2n) is 5.65. The number of hydrogen-bond donors (Lipinski definition) is 1. The minimum absolute atomic E-state index is 0.215. The van der Waals surface area contributed by atoms with Gasteiger partial charge in [-0.05, 0) is 42.3 Å². The average molecular weight is 367 g/mol. The van der Waals surface area contributed by atoms with E-state index in [1.807, 2.05) is 36.4 Å². The fraction of sp³-hybridized carbons (Fsp3) is 0.111. The fourth-order valence-electron chi connectivity index (χ4n) is 2.67. The number of halogens is 1. The molecule has 4 aromatic rings. The predicted molar refractivity (Wildman–Crippen MR) is 98.9 cm³/mol. The Bertz CT molecular complexity index is 1050. The van der Waals surface area contributed by atoms with Gasteiger partial charge in [-0.1, -0.05) is 47.1 Å². The van der Waals surface area contributed by atoms with Gasteiger partial charge in [-0.2, -0.15) is 9.67 Å². The van der Waals surface area contributed by atoms with E-state index in [-0.39, 0.29) is 5.89 Å². The lowest BCUT2D eigenvalue weighted by Gasteiger charge is -2.07. The third-order valence-electron chi connectivity index (χ3n) is 4.04. The SMILES string of the molecule is CCc1ccccc1-n1nnc(-c2nc(-c3ccc(Cl)cc3)no2)c1N. The Kier molecular flexibility index (Phi) is 4.14. The Morgan fingerprint density at radius 1 is 1.12 bits per heavy atom. The summed E-state index contributed by atoms with van der Waals surface area (Å²) in [7, 11) is 0. The standard InChI is InChI=1S/C18H15ClN6O/c1-2-11-5-3-4-6-14(11)25-16(20)15(22-24-25)18-21-17(23-26-18)12-7-9-13(19)10-8-12/h3-10H,2,20H2,1H3. The first-order valence-corrected chi connectivity index (χ1v) is 8.44. The number of rotatable bonds is 4. The molecule has 7 nitrogen and oxygen atoms in total. The van der Waals surface area contributed by atoms with Gasteiger partial charge < -0.3 is 10.3 Å². The zero-order chi connectivity index (χ0) is 18.1. The summed E-state index contributed by atoms with van der Waals surface area (Å²) in [5.41, 5.74) is 9.38. The number of nitrogens with two attached hydrogens (primary N) is 1. The van der Waals surface area contributed by atoms with Gasteiger partial charge in [0.1, 0.15) is 0 Å². The number of para-hydroxylation sites is 1. The van der Waals surface area contributed by atoms with Crippen LogP contribution in [0, 0.1) is 0 Å². The summed E-state index contributed by atoms with van der Waals surface area (Å²) in [6.07, 6.45) is 0.853. The van der Waals surface area contributed by atoms with Gasteiger partial charge in [0.15, 0.2) is 11.5 Å². The van der Waals surface area contributed by atoms with Gasteiger partial charge in [0, 0.05) is 10.6 Å². The van der Waals surface area contributed by atoms with E-state index in [2.05, 4.69) is 27.4 Å². The Hall–Kier alpha value is -3.19. The predicted octanol–water partition coefficient (Wildman–Crippen LogP) is 3.78. The number of aromatic nitrogens is 5. The molecular weight excluding hydrogens is 352 g/mol. The highest BCUT2D eigenvalue weighted by atomic mass is 35.5. The molecule has 0 saturated carbocycles. The molecule has 0 saturated heterocycles. The first-order valence-electron chi connectivity index (χ1n) is 8.07. The first-order chi connectivity index (χ1) is 12.7. The van der Waals surface area contributed by atoms with E-state index in [4.69, 9.17) is 21.9 Å². The van der Waals surface area contributed by atoms with Crippen molar-refractivity contribution in [3.8, 4) is 28.7 Å². The number of hydrogen-bond acceptors (Lipinski definition) is 6. The highest BCUT2D eigenvalue weighted by Crippen LogP contribution is 2.27. The van der Waals surface area contributed by atoms with Gasteiger partial charge in [0.25, 0.3) is 5.89 Å². The van der Waals surface area contributed by atoms with E-state index in [1.165, 1.54) is 0 Å². The smallest absolute Gasteiger partial charge is 0.282 e. The average Bonchev–Trinajstić information content (AvgIpc) is 3.29. The van der Waals surface area contributed by atoms with Crippen molar-refractivity contribution in [3.05, 3.63) is 59.1 Å². The normalized spacial score (nSPS) is 11.0. The van der Waals surface area contributed by atoms with Crippen LogP contribution in [0.1, 0.15) is 12.5 Å². The third-order valence-corrected chi connectivity index (χ3v) is 4.29. The Morgan fingerprint density at radius 3 is 2.65 bits per heavy atom. The molecule has 130 valence electrons. The number of aryl methyl sites for hydroxylation is 1. The van der Waals surface area contributed by atoms with E-state index in [9.17, 15) is 0 Å². The van der Waals surface area contributed by atoms with E-state index in [0.29, 0.717) is 22.4 Å². The topological polar surface area (TPSA) is 95.6 Å². The van der Waals surface area contributed by atoms with E-state index in [0.717, 1.165) is 23.2 Å². The van der Waals surface area contributed by atoms with Crippen LogP contribution < -0.4 is 5.73 Å². The second kappa shape index (κ2) is 6.61. The van der Waals surface area contributed by atoms with Crippen LogP contribution in [0.2, 0.25) is 5.02 Å². The molecule has 0 radical (unpaired) electrons. The van der Waals surface area contributed by atoms with Crippen LogP contribution in [0.4, 0.5) is 5.82 Å². The van der Waals surface area contributed by atoms with E-state index >= 15 is 0 Å².